The Kier molecular flexibility index (Phi) is 5.00. The summed E-state index contributed by atoms with van der Waals surface area (Å²) in [5, 5.41) is 6.24. The largest absolute Gasteiger partial charge is 0.456 e. The first-order valence-corrected chi connectivity index (χ1v) is 8.50. The molecule has 2 aliphatic rings. The van der Waals surface area contributed by atoms with Gasteiger partial charge in [-0.2, -0.15) is 0 Å². The number of piperidine rings is 1. The van der Waals surface area contributed by atoms with E-state index in [0.717, 1.165) is 44.5 Å². The van der Waals surface area contributed by atoms with Crippen LogP contribution in [-0.2, 0) is 4.79 Å². The number of carbonyl (C=O) groups excluding carboxylic acids is 2. The van der Waals surface area contributed by atoms with Gasteiger partial charge in [0.2, 0.25) is 5.91 Å². The lowest BCUT2D eigenvalue weighted by molar-refractivity contribution is -0.123. The van der Waals surface area contributed by atoms with Crippen LogP contribution < -0.4 is 10.6 Å². The Morgan fingerprint density at radius 2 is 2.22 bits per heavy atom. The molecule has 2 N–H and O–H groups in total. The molecule has 1 aromatic heterocycles. The highest BCUT2D eigenvalue weighted by Crippen LogP contribution is 2.19. The zero-order valence-electron chi connectivity index (χ0n) is 13.6. The maximum absolute atomic E-state index is 12.4. The van der Waals surface area contributed by atoms with E-state index in [-0.39, 0.29) is 17.9 Å². The first-order chi connectivity index (χ1) is 11.1. The quantitative estimate of drug-likeness (QED) is 0.877. The van der Waals surface area contributed by atoms with Gasteiger partial charge in [0.1, 0.15) is 5.76 Å². The number of furan rings is 1. The fraction of sp³-hybridized carbons (Fsp3) is 0.647. The second-order valence-electron chi connectivity index (χ2n) is 6.56. The molecule has 2 saturated heterocycles. The number of hydrogen-bond acceptors (Lipinski definition) is 4. The lowest BCUT2D eigenvalue weighted by atomic mass is 9.97. The highest BCUT2D eigenvalue weighted by Gasteiger charge is 2.27. The molecule has 0 aromatic carbocycles. The molecule has 1 aromatic rings. The summed E-state index contributed by atoms with van der Waals surface area (Å²) >= 11 is 0. The molecule has 6 heteroatoms. The number of aryl methyl sites for hydroxylation is 1. The summed E-state index contributed by atoms with van der Waals surface area (Å²) in [6, 6.07) is 3.50. The maximum atomic E-state index is 12.4. The summed E-state index contributed by atoms with van der Waals surface area (Å²) in [4.78, 5) is 26.3. The van der Waals surface area contributed by atoms with Gasteiger partial charge in [0.15, 0.2) is 5.76 Å². The summed E-state index contributed by atoms with van der Waals surface area (Å²) in [6.45, 7) is 4.83. The molecule has 126 valence electrons. The van der Waals surface area contributed by atoms with Crippen molar-refractivity contribution in [2.24, 2.45) is 5.92 Å². The second-order valence-corrected chi connectivity index (χ2v) is 6.56. The number of nitrogens with zero attached hydrogens (tertiary/aromatic N) is 1. The molecular weight excluding hydrogens is 294 g/mol. The van der Waals surface area contributed by atoms with E-state index in [2.05, 4.69) is 10.6 Å². The van der Waals surface area contributed by atoms with Crippen molar-refractivity contribution in [2.45, 2.75) is 38.6 Å². The van der Waals surface area contributed by atoms with Gasteiger partial charge in [-0.25, -0.2) is 0 Å². The van der Waals surface area contributed by atoms with E-state index in [1.54, 1.807) is 6.07 Å². The van der Waals surface area contributed by atoms with Gasteiger partial charge in [-0.15, -0.1) is 0 Å². The Bertz CT molecular complexity index is 563. The monoisotopic (exact) mass is 319 g/mol. The van der Waals surface area contributed by atoms with E-state index in [0.29, 0.717) is 24.8 Å². The Labute approximate surface area is 136 Å². The summed E-state index contributed by atoms with van der Waals surface area (Å²) in [7, 11) is 0. The van der Waals surface area contributed by atoms with Gasteiger partial charge in [0.25, 0.3) is 5.91 Å². The Balaban J connectivity index is 1.49. The zero-order chi connectivity index (χ0) is 16.2. The number of rotatable bonds is 4. The number of amides is 2. The van der Waals surface area contributed by atoms with Crippen LogP contribution in [0.5, 0.6) is 0 Å². The molecule has 3 rings (SSSR count). The number of carbonyl (C=O) groups is 2. The van der Waals surface area contributed by atoms with Crippen LogP contribution in [0.15, 0.2) is 16.5 Å². The van der Waals surface area contributed by atoms with E-state index in [1.165, 1.54) is 0 Å². The molecule has 23 heavy (non-hydrogen) atoms. The summed E-state index contributed by atoms with van der Waals surface area (Å²) in [5.41, 5.74) is 0. The molecule has 6 nitrogen and oxygen atoms in total. The van der Waals surface area contributed by atoms with Crippen molar-refractivity contribution in [3.63, 3.8) is 0 Å². The van der Waals surface area contributed by atoms with Gasteiger partial charge >= 0.3 is 0 Å². The lowest BCUT2D eigenvalue weighted by Crippen LogP contribution is -2.46. The third-order valence-corrected chi connectivity index (χ3v) is 4.70. The molecule has 3 heterocycles. The molecule has 0 saturated carbocycles. The Morgan fingerprint density at radius 3 is 2.91 bits per heavy atom. The highest BCUT2D eigenvalue weighted by atomic mass is 16.3. The maximum Gasteiger partial charge on any atom is 0.289 e. The molecule has 0 radical (unpaired) electrons. The second kappa shape index (κ2) is 7.17. The average molecular weight is 319 g/mol. The van der Waals surface area contributed by atoms with Crippen LogP contribution in [0.2, 0.25) is 0 Å². The molecule has 2 aliphatic heterocycles. The fourth-order valence-electron chi connectivity index (χ4n) is 3.40. The third-order valence-electron chi connectivity index (χ3n) is 4.70. The van der Waals surface area contributed by atoms with Crippen LogP contribution in [0.1, 0.15) is 42.0 Å². The van der Waals surface area contributed by atoms with E-state index >= 15 is 0 Å². The SMILES string of the molecule is Cc1ccc(C(=O)N2CCCC(CNC(=O)C3CCCN3)C2)o1. The number of nitrogens with one attached hydrogen (secondary N) is 2. The minimum absolute atomic E-state index is 0.0394. The van der Waals surface area contributed by atoms with Crippen LogP contribution in [-0.4, -0.2) is 48.9 Å². The fourth-order valence-corrected chi connectivity index (χ4v) is 3.40. The summed E-state index contributed by atoms with van der Waals surface area (Å²) < 4.78 is 5.43. The molecule has 0 bridgehead atoms. The van der Waals surface area contributed by atoms with Crippen molar-refractivity contribution in [1.29, 1.82) is 0 Å². The molecule has 2 amide bonds. The average Bonchev–Trinajstić information content (AvgIpc) is 3.24. The van der Waals surface area contributed by atoms with Crippen LogP contribution in [0, 0.1) is 12.8 Å². The standard InChI is InChI=1S/C17H25N3O3/c1-12-6-7-15(23-12)17(22)20-9-3-4-13(11-20)10-19-16(21)14-5-2-8-18-14/h6-7,13-14,18H,2-5,8-11H2,1H3,(H,19,21). The highest BCUT2D eigenvalue weighted by molar-refractivity contribution is 5.91. The minimum atomic E-state index is -0.0495. The molecule has 0 spiro atoms. The van der Waals surface area contributed by atoms with Crippen molar-refractivity contribution in [1.82, 2.24) is 15.5 Å². The Hall–Kier alpha value is -1.82. The van der Waals surface area contributed by atoms with Crippen molar-refractivity contribution < 1.29 is 14.0 Å². The van der Waals surface area contributed by atoms with Crippen LogP contribution in [0.25, 0.3) is 0 Å². The first kappa shape index (κ1) is 16.1. The lowest BCUT2D eigenvalue weighted by Gasteiger charge is -2.32. The number of likely N-dealkylation sites (tertiary alicyclic amines) is 1. The van der Waals surface area contributed by atoms with Gasteiger partial charge in [0.05, 0.1) is 6.04 Å². The van der Waals surface area contributed by atoms with E-state index in [1.807, 2.05) is 17.9 Å². The van der Waals surface area contributed by atoms with E-state index in [9.17, 15) is 9.59 Å². The Morgan fingerprint density at radius 1 is 1.35 bits per heavy atom. The summed E-state index contributed by atoms with van der Waals surface area (Å²) in [5.74, 6) is 1.51. The smallest absolute Gasteiger partial charge is 0.289 e. The topological polar surface area (TPSA) is 74.6 Å². The third kappa shape index (κ3) is 3.93. The summed E-state index contributed by atoms with van der Waals surface area (Å²) in [6.07, 6.45) is 3.98. The van der Waals surface area contributed by atoms with Crippen LogP contribution in [0.3, 0.4) is 0 Å². The van der Waals surface area contributed by atoms with Crippen molar-refractivity contribution in [3.8, 4) is 0 Å². The van der Waals surface area contributed by atoms with Gasteiger partial charge < -0.3 is 20.0 Å². The molecule has 2 unspecified atom stereocenters. The van der Waals surface area contributed by atoms with Gasteiger partial charge in [-0.1, -0.05) is 0 Å². The minimum Gasteiger partial charge on any atom is -0.456 e. The van der Waals surface area contributed by atoms with E-state index in [4.69, 9.17) is 4.42 Å². The van der Waals surface area contributed by atoms with Crippen LogP contribution >= 0.6 is 0 Å². The van der Waals surface area contributed by atoms with Crippen molar-refractivity contribution >= 4 is 11.8 Å². The molecule has 2 atom stereocenters. The van der Waals surface area contributed by atoms with Gasteiger partial charge in [-0.05, 0) is 57.2 Å². The molecule has 0 aliphatic carbocycles. The van der Waals surface area contributed by atoms with Crippen LogP contribution in [0.4, 0.5) is 0 Å². The van der Waals surface area contributed by atoms with Gasteiger partial charge in [-0.3, -0.25) is 9.59 Å². The zero-order valence-corrected chi connectivity index (χ0v) is 13.6. The predicted octanol–water partition coefficient (Wildman–Crippen LogP) is 1.31. The number of hydrogen-bond donors (Lipinski definition) is 2. The normalized spacial score (nSPS) is 24.7. The van der Waals surface area contributed by atoms with Crippen molar-refractivity contribution in [3.05, 3.63) is 23.7 Å². The van der Waals surface area contributed by atoms with E-state index < -0.39 is 0 Å². The molecular formula is C17H25N3O3. The van der Waals surface area contributed by atoms with Crippen molar-refractivity contribution in [2.75, 3.05) is 26.2 Å². The predicted molar refractivity (Wildman–Crippen MR) is 86.1 cm³/mol. The first-order valence-electron chi connectivity index (χ1n) is 8.50. The molecule has 2 fully saturated rings. The van der Waals surface area contributed by atoms with Gasteiger partial charge in [0, 0.05) is 19.6 Å².